The van der Waals surface area contributed by atoms with Gasteiger partial charge in [-0.1, -0.05) is 23.7 Å². The van der Waals surface area contributed by atoms with E-state index in [9.17, 15) is 0 Å². The van der Waals surface area contributed by atoms with Gasteiger partial charge in [0.15, 0.2) is 0 Å². The van der Waals surface area contributed by atoms with Crippen molar-refractivity contribution in [2.24, 2.45) is 5.73 Å². The first-order valence-electron chi connectivity index (χ1n) is 6.21. The zero-order valence-electron chi connectivity index (χ0n) is 11.9. The number of methoxy groups -OCH3 is 1. The molecule has 3 N–H and O–H groups in total. The molecule has 118 valence electrons. The van der Waals surface area contributed by atoms with Gasteiger partial charge in [0, 0.05) is 30.6 Å². The van der Waals surface area contributed by atoms with Crippen molar-refractivity contribution in [2.75, 3.05) is 25.6 Å². The Kier molecular flexibility index (Phi) is 8.94. The number of anilines is 1. The number of nitrogens with one attached hydrogen (secondary N) is 1. The molecule has 0 aliphatic carbocycles. The molecule has 7 heteroatoms. The van der Waals surface area contributed by atoms with Crippen molar-refractivity contribution in [3.05, 3.63) is 34.9 Å². The maximum Gasteiger partial charge on any atom is 0.131 e. The fourth-order valence-electron chi connectivity index (χ4n) is 1.94. The van der Waals surface area contributed by atoms with Gasteiger partial charge >= 0.3 is 0 Å². The van der Waals surface area contributed by atoms with E-state index in [2.05, 4.69) is 10.3 Å². The van der Waals surface area contributed by atoms with Gasteiger partial charge in [0.25, 0.3) is 0 Å². The Morgan fingerprint density at radius 2 is 2.10 bits per heavy atom. The summed E-state index contributed by atoms with van der Waals surface area (Å²) in [6.07, 6.45) is 0. The highest BCUT2D eigenvalue weighted by atomic mass is 35.5. The molecular weight excluding hydrogens is 333 g/mol. The molecule has 0 unspecified atom stereocenters. The third-order valence-corrected chi connectivity index (χ3v) is 3.22. The fourth-order valence-corrected chi connectivity index (χ4v) is 2.16. The number of nitrogens with zero attached hydrogens (tertiary/aromatic N) is 1. The Bertz CT molecular complexity index is 579. The highest BCUT2D eigenvalue weighted by Crippen LogP contribution is 2.28. The minimum Gasteiger partial charge on any atom is -0.383 e. The molecule has 1 aromatic heterocycles. The summed E-state index contributed by atoms with van der Waals surface area (Å²) in [5, 5.41) is 4.88. The molecule has 0 aliphatic rings. The van der Waals surface area contributed by atoms with Crippen LogP contribution >= 0.6 is 36.4 Å². The Morgan fingerprint density at radius 3 is 2.71 bits per heavy atom. The molecule has 0 radical (unpaired) electrons. The summed E-state index contributed by atoms with van der Waals surface area (Å²) < 4.78 is 5.03. The molecule has 0 aliphatic heterocycles. The Hall–Kier alpha value is -0.780. The molecule has 1 atom stereocenters. The fraction of sp³-hybridized carbons (Fsp3) is 0.357. The number of hydrogen-bond donors (Lipinski definition) is 2. The van der Waals surface area contributed by atoms with E-state index < -0.39 is 0 Å². The van der Waals surface area contributed by atoms with E-state index in [1.165, 1.54) is 0 Å². The van der Waals surface area contributed by atoms with Gasteiger partial charge in [0.05, 0.1) is 17.1 Å². The van der Waals surface area contributed by atoms with Crippen LogP contribution in [0, 0.1) is 0 Å². The number of hydrogen-bond acceptors (Lipinski definition) is 4. The van der Waals surface area contributed by atoms with Crippen molar-refractivity contribution >= 4 is 53.1 Å². The maximum atomic E-state index is 6.18. The standard InChI is InChI=1S/C14H18ClN3O.2ClH/c1-9(16)11-8-10-4-3-5-12(15)13(10)18-14(11)17-6-7-19-2;;/h3-5,8-9H,6-7,16H2,1-2H3,(H,17,18);2*1H/t9-;;/m0../s1. The third kappa shape index (κ3) is 4.87. The van der Waals surface area contributed by atoms with Crippen LogP contribution in [0.2, 0.25) is 5.02 Å². The summed E-state index contributed by atoms with van der Waals surface area (Å²) in [7, 11) is 1.67. The van der Waals surface area contributed by atoms with Crippen molar-refractivity contribution in [1.29, 1.82) is 0 Å². The summed E-state index contributed by atoms with van der Waals surface area (Å²) in [4.78, 5) is 4.59. The summed E-state index contributed by atoms with van der Waals surface area (Å²) in [5.74, 6) is 0.771. The number of aromatic nitrogens is 1. The van der Waals surface area contributed by atoms with Gasteiger partial charge in [-0.15, -0.1) is 24.8 Å². The summed E-state index contributed by atoms with van der Waals surface area (Å²) >= 11 is 6.18. The minimum atomic E-state index is -0.0964. The molecule has 0 amide bonds. The molecule has 2 rings (SSSR count). The van der Waals surface area contributed by atoms with Gasteiger partial charge < -0.3 is 15.8 Å². The predicted octanol–water partition coefficient (Wildman–Crippen LogP) is 3.81. The number of ether oxygens (including phenoxy) is 1. The number of rotatable bonds is 5. The molecule has 1 heterocycles. The lowest BCUT2D eigenvalue weighted by Gasteiger charge is -2.15. The first-order valence-corrected chi connectivity index (χ1v) is 6.59. The molecular formula is C14H20Cl3N3O. The molecule has 0 bridgehead atoms. The first kappa shape index (κ1) is 20.2. The number of halogens is 3. The normalized spacial score (nSPS) is 11.4. The van der Waals surface area contributed by atoms with Crippen LogP contribution in [0.25, 0.3) is 10.9 Å². The second-order valence-corrected chi connectivity index (χ2v) is 4.85. The lowest BCUT2D eigenvalue weighted by molar-refractivity contribution is 0.210. The van der Waals surface area contributed by atoms with Crippen molar-refractivity contribution < 1.29 is 4.74 Å². The van der Waals surface area contributed by atoms with Crippen molar-refractivity contribution in [3.63, 3.8) is 0 Å². The van der Waals surface area contributed by atoms with Crippen LogP contribution < -0.4 is 11.1 Å². The third-order valence-electron chi connectivity index (χ3n) is 2.92. The summed E-state index contributed by atoms with van der Waals surface area (Å²) in [5.41, 5.74) is 7.77. The number of fused-ring (bicyclic) bond motifs is 1. The van der Waals surface area contributed by atoms with E-state index in [4.69, 9.17) is 22.1 Å². The zero-order chi connectivity index (χ0) is 13.8. The smallest absolute Gasteiger partial charge is 0.131 e. The van der Waals surface area contributed by atoms with E-state index in [1.807, 2.05) is 31.2 Å². The van der Waals surface area contributed by atoms with Gasteiger partial charge in [0.2, 0.25) is 0 Å². The van der Waals surface area contributed by atoms with Crippen LogP contribution in [0.5, 0.6) is 0 Å². The lowest BCUT2D eigenvalue weighted by atomic mass is 10.1. The number of para-hydroxylation sites is 1. The Balaban J connectivity index is 0.00000200. The molecule has 4 nitrogen and oxygen atoms in total. The second-order valence-electron chi connectivity index (χ2n) is 4.45. The van der Waals surface area contributed by atoms with E-state index in [0.29, 0.717) is 18.2 Å². The Morgan fingerprint density at radius 1 is 1.38 bits per heavy atom. The van der Waals surface area contributed by atoms with Gasteiger partial charge in [-0.2, -0.15) is 0 Å². The van der Waals surface area contributed by atoms with Gasteiger partial charge in [0.1, 0.15) is 5.82 Å². The van der Waals surface area contributed by atoms with Gasteiger partial charge in [-0.05, 0) is 19.1 Å². The van der Waals surface area contributed by atoms with Crippen molar-refractivity contribution in [2.45, 2.75) is 13.0 Å². The molecule has 1 aromatic carbocycles. The SMILES string of the molecule is COCCNc1nc2c(Cl)cccc2cc1[C@H](C)N.Cl.Cl. The number of benzene rings is 1. The monoisotopic (exact) mass is 351 g/mol. The topological polar surface area (TPSA) is 60.2 Å². The average molecular weight is 353 g/mol. The highest BCUT2D eigenvalue weighted by Gasteiger charge is 2.11. The zero-order valence-corrected chi connectivity index (χ0v) is 14.3. The van der Waals surface area contributed by atoms with Crippen molar-refractivity contribution in [3.8, 4) is 0 Å². The minimum absolute atomic E-state index is 0. The summed E-state index contributed by atoms with van der Waals surface area (Å²) in [6.45, 7) is 3.23. The van der Waals surface area contributed by atoms with Crippen LogP contribution in [0.4, 0.5) is 5.82 Å². The molecule has 0 saturated heterocycles. The molecule has 0 spiro atoms. The summed E-state index contributed by atoms with van der Waals surface area (Å²) in [6, 6.07) is 7.67. The van der Waals surface area contributed by atoms with E-state index in [-0.39, 0.29) is 30.9 Å². The second kappa shape index (κ2) is 9.28. The quantitative estimate of drug-likeness (QED) is 0.803. The first-order chi connectivity index (χ1) is 9.13. The van der Waals surface area contributed by atoms with E-state index in [1.54, 1.807) is 7.11 Å². The average Bonchev–Trinajstić information content (AvgIpc) is 2.39. The molecule has 0 saturated carbocycles. The lowest BCUT2D eigenvalue weighted by Crippen LogP contribution is -2.14. The van der Waals surface area contributed by atoms with Gasteiger partial charge in [-0.25, -0.2) is 4.98 Å². The van der Waals surface area contributed by atoms with E-state index in [0.717, 1.165) is 22.3 Å². The van der Waals surface area contributed by atoms with Crippen LogP contribution in [0.3, 0.4) is 0 Å². The largest absolute Gasteiger partial charge is 0.383 e. The molecule has 0 fully saturated rings. The Labute approximate surface area is 142 Å². The number of pyridine rings is 1. The molecule has 21 heavy (non-hydrogen) atoms. The van der Waals surface area contributed by atoms with Crippen LogP contribution in [-0.2, 0) is 4.74 Å². The predicted molar refractivity (Wildman–Crippen MR) is 94.2 cm³/mol. The van der Waals surface area contributed by atoms with E-state index >= 15 is 0 Å². The van der Waals surface area contributed by atoms with Crippen LogP contribution in [-0.4, -0.2) is 25.2 Å². The van der Waals surface area contributed by atoms with Crippen LogP contribution in [0.1, 0.15) is 18.5 Å². The van der Waals surface area contributed by atoms with Crippen LogP contribution in [0.15, 0.2) is 24.3 Å². The maximum absolute atomic E-state index is 6.18. The van der Waals surface area contributed by atoms with Crippen molar-refractivity contribution in [1.82, 2.24) is 4.98 Å². The molecule has 2 aromatic rings. The number of nitrogens with two attached hydrogens (primary N) is 1. The highest BCUT2D eigenvalue weighted by molar-refractivity contribution is 6.35. The van der Waals surface area contributed by atoms with Gasteiger partial charge in [-0.3, -0.25) is 0 Å².